The van der Waals surface area contributed by atoms with Gasteiger partial charge in [-0.1, -0.05) is 0 Å². The zero-order valence-electron chi connectivity index (χ0n) is 16.4. The van der Waals surface area contributed by atoms with E-state index in [1.165, 1.54) is 12.8 Å². The largest absolute Gasteiger partial charge is 0.495 e. The topological polar surface area (TPSA) is 120 Å². The Bertz CT molecular complexity index is 1000. The highest BCUT2D eigenvalue weighted by Crippen LogP contribution is 2.34. The van der Waals surface area contributed by atoms with Crippen LogP contribution in [0.4, 0.5) is 5.82 Å². The van der Waals surface area contributed by atoms with E-state index in [1.54, 1.807) is 44.9 Å². The fraction of sp³-hybridized carbons (Fsp3) is 0.286. The zero-order chi connectivity index (χ0) is 20.6. The number of anilines is 1. The van der Waals surface area contributed by atoms with E-state index in [-0.39, 0.29) is 5.82 Å². The van der Waals surface area contributed by atoms with Crippen molar-refractivity contribution in [3.63, 3.8) is 0 Å². The summed E-state index contributed by atoms with van der Waals surface area (Å²) in [7, 11) is 1.62. The van der Waals surface area contributed by atoms with Crippen LogP contribution in [0.5, 0.6) is 11.6 Å². The summed E-state index contributed by atoms with van der Waals surface area (Å²) in [6, 6.07) is 7.50. The predicted octanol–water partition coefficient (Wildman–Crippen LogP) is 3.18. The Morgan fingerprint density at radius 1 is 1.17 bits per heavy atom. The summed E-state index contributed by atoms with van der Waals surface area (Å²) in [6.07, 6.45) is 9.01. The third-order valence-electron chi connectivity index (χ3n) is 4.28. The molecule has 8 heteroatoms. The minimum Gasteiger partial charge on any atom is -0.495 e. The Labute approximate surface area is 169 Å². The van der Waals surface area contributed by atoms with Crippen molar-refractivity contribution in [1.82, 2.24) is 19.9 Å². The van der Waals surface area contributed by atoms with Crippen LogP contribution in [0.1, 0.15) is 24.2 Å². The number of ether oxygens (including phenoxy) is 2. The lowest BCUT2D eigenvalue weighted by Gasteiger charge is -2.12. The molecule has 0 atom stereocenters. The van der Waals surface area contributed by atoms with Gasteiger partial charge in [0.15, 0.2) is 0 Å². The molecule has 0 saturated heterocycles. The maximum Gasteiger partial charge on any atom is 0.224 e. The summed E-state index contributed by atoms with van der Waals surface area (Å²) in [5, 5.41) is 9.28. The number of hydrogen-bond acceptors (Lipinski definition) is 8. The van der Waals surface area contributed by atoms with Crippen LogP contribution in [0.3, 0.4) is 0 Å². The average Bonchev–Trinajstić information content (AvgIpc) is 3.58. The van der Waals surface area contributed by atoms with E-state index in [4.69, 9.17) is 15.2 Å². The lowest BCUT2D eigenvalue weighted by atomic mass is 10.0. The monoisotopic (exact) mass is 390 g/mol. The van der Waals surface area contributed by atoms with Crippen LogP contribution >= 0.6 is 0 Å². The lowest BCUT2D eigenvalue weighted by Crippen LogP contribution is -2.05. The molecule has 1 fully saturated rings. The molecular weight excluding hydrogens is 368 g/mol. The van der Waals surface area contributed by atoms with E-state index in [0.29, 0.717) is 40.9 Å². The molecule has 8 nitrogen and oxygen atoms in total. The second kappa shape index (κ2) is 9.46. The molecule has 29 heavy (non-hydrogen) atoms. The van der Waals surface area contributed by atoms with Crippen LogP contribution in [-0.2, 0) is 0 Å². The van der Waals surface area contributed by atoms with Crippen molar-refractivity contribution < 1.29 is 9.47 Å². The van der Waals surface area contributed by atoms with Gasteiger partial charge in [-0.3, -0.25) is 4.98 Å². The first-order chi connectivity index (χ1) is 14.1. The molecule has 148 valence electrons. The van der Waals surface area contributed by atoms with Crippen molar-refractivity contribution in [2.75, 3.05) is 19.5 Å². The summed E-state index contributed by atoms with van der Waals surface area (Å²) in [4.78, 5) is 16.3. The molecule has 0 amide bonds. The Balaban J connectivity index is 0.000000252. The second-order valence-corrected chi connectivity index (χ2v) is 6.51. The highest BCUT2D eigenvalue weighted by molar-refractivity contribution is 5.77. The average molecular weight is 390 g/mol. The van der Waals surface area contributed by atoms with Gasteiger partial charge in [0.1, 0.15) is 29.0 Å². The van der Waals surface area contributed by atoms with Crippen LogP contribution in [0.25, 0.3) is 11.1 Å². The number of nitrogen functional groups attached to an aromatic ring is 1. The predicted molar refractivity (Wildman–Crippen MR) is 108 cm³/mol. The minimum absolute atomic E-state index is 0.198. The van der Waals surface area contributed by atoms with Gasteiger partial charge < -0.3 is 15.2 Å². The molecule has 3 heterocycles. The summed E-state index contributed by atoms with van der Waals surface area (Å²) in [6.45, 7) is 2.45. The first-order valence-electron chi connectivity index (χ1n) is 9.17. The Hall–Kier alpha value is -3.73. The van der Waals surface area contributed by atoms with Crippen molar-refractivity contribution in [2.45, 2.75) is 19.8 Å². The maximum absolute atomic E-state index is 9.28. The molecule has 3 aromatic heterocycles. The fourth-order valence-corrected chi connectivity index (χ4v) is 2.51. The fourth-order valence-electron chi connectivity index (χ4n) is 2.51. The van der Waals surface area contributed by atoms with Gasteiger partial charge in [-0.25, -0.2) is 9.97 Å². The molecule has 1 aliphatic rings. The van der Waals surface area contributed by atoms with Gasteiger partial charge in [0, 0.05) is 24.2 Å². The van der Waals surface area contributed by atoms with E-state index in [9.17, 15) is 5.26 Å². The SMILES string of the molecule is COc1cccnc1.Cc1ncc(-c2ccnc(N)c2C#N)c(OCC2CC2)n1. The van der Waals surface area contributed by atoms with E-state index in [2.05, 4.69) is 26.0 Å². The van der Waals surface area contributed by atoms with Gasteiger partial charge in [0.2, 0.25) is 5.88 Å². The van der Waals surface area contributed by atoms with E-state index in [0.717, 1.165) is 5.75 Å². The number of nitrogens with two attached hydrogens (primary N) is 1. The van der Waals surface area contributed by atoms with Crippen molar-refractivity contribution in [2.24, 2.45) is 5.92 Å². The molecule has 0 radical (unpaired) electrons. The van der Waals surface area contributed by atoms with Gasteiger partial charge in [-0.05, 0) is 43.9 Å². The molecule has 0 aromatic carbocycles. The molecule has 0 unspecified atom stereocenters. The molecule has 0 spiro atoms. The molecule has 0 bridgehead atoms. The smallest absolute Gasteiger partial charge is 0.224 e. The lowest BCUT2D eigenvalue weighted by molar-refractivity contribution is 0.288. The number of nitriles is 1. The third kappa shape index (κ3) is 5.39. The summed E-state index contributed by atoms with van der Waals surface area (Å²) < 4.78 is 10.7. The Morgan fingerprint density at radius 3 is 2.62 bits per heavy atom. The van der Waals surface area contributed by atoms with E-state index >= 15 is 0 Å². The highest BCUT2D eigenvalue weighted by Gasteiger charge is 2.23. The molecule has 1 saturated carbocycles. The Kier molecular flexibility index (Phi) is 6.53. The number of methoxy groups -OCH3 is 1. The van der Waals surface area contributed by atoms with E-state index in [1.807, 2.05) is 12.1 Å². The normalized spacial score (nSPS) is 12.3. The summed E-state index contributed by atoms with van der Waals surface area (Å²) in [5.74, 6) is 2.74. The molecule has 3 aromatic rings. The number of hydrogen-bond donors (Lipinski definition) is 1. The number of nitrogens with zero attached hydrogens (tertiary/aromatic N) is 5. The summed E-state index contributed by atoms with van der Waals surface area (Å²) >= 11 is 0. The van der Waals surface area contributed by atoms with Crippen LogP contribution in [0.15, 0.2) is 43.0 Å². The van der Waals surface area contributed by atoms with Gasteiger partial charge in [-0.15, -0.1) is 0 Å². The number of aryl methyl sites for hydroxylation is 1. The maximum atomic E-state index is 9.28. The number of aromatic nitrogens is 4. The number of rotatable bonds is 5. The van der Waals surface area contributed by atoms with Crippen molar-refractivity contribution >= 4 is 5.82 Å². The Morgan fingerprint density at radius 2 is 2.00 bits per heavy atom. The molecule has 2 N–H and O–H groups in total. The zero-order valence-corrected chi connectivity index (χ0v) is 16.4. The first kappa shape index (κ1) is 20.0. The standard InChI is InChI=1S/C15H15N5O.C6H7NO/c1-9-19-7-13(15(20-9)21-8-10-2-3-10)11-4-5-18-14(17)12(11)6-16;1-8-6-3-2-4-7-5-6/h4-5,7,10H,2-3,8H2,1H3,(H2,17,18);2-5H,1H3. The van der Waals surface area contributed by atoms with Crippen LogP contribution in [-0.4, -0.2) is 33.7 Å². The molecule has 1 aliphatic carbocycles. The molecular formula is C21H22N6O2. The van der Waals surface area contributed by atoms with Gasteiger partial charge in [0.05, 0.1) is 25.5 Å². The third-order valence-corrected chi connectivity index (χ3v) is 4.28. The van der Waals surface area contributed by atoms with Gasteiger partial charge in [0.25, 0.3) is 0 Å². The highest BCUT2D eigenvalue weighted by atomic mass is 16.5. The molecule has 4 rings (SSSR count). The van der Waals surface area contributed by atoms with Crippen LogP contribution < -0.4 is 15.2 Å². The van der Waals surface area contributed by atoms with Crippen LogP contribution in [0.2, 0.25) is 0 Å². The van der Waals surface area contributed by atoms with Gasteiger partial charge in [-0.2, -0.15) is 10.2 Å². The number of pyridine rings is 2. The van der Waals surface area contributed by atoms with Crippen LogP contribution in [0, 0.1) is 24.2 Å². The van der Waals surface area contributed by atoms with Crippen molar-refractivity contribution in [1.29, 1.82) is 5.26 Å². The minimum atomic E-state index is 0.198. The molecule has 0 aliphatic heterocycles. The first-order valence-corrected chi connectivity index (χ1v) is 9.17. The summed E-state index contributed by atoms with van der Waals surface area (Å²) in [5.41, 5.74) is 7.41. The van der Waals surface area contributed by atoms with Crippen molar-refractivity contribution in [3.8, 4) is 28.8 Å². The second-order valence-electron chi connectivity index (χ2n) is 6.51. The van der Waals surface area contributed by atoms with Gasteiger partial charge >= 0.3 is 0 Å². The van der Waals surface area contributed by atoms with E-state index < -0.39 is 0 Å². The van der Waals surface area contributed by atoms with Crippen molar-refractivity contribution in [3.05, 3.63) is 54.4 Å². The quantitative estimate of drug-likeness (QED) is 0.705.